The lowest BCUT2D eigenvalue weighted by molar-refractivity contribution is -0.125. The molecule has 1 aromatic heterocycles. The van der Waals surface area contributed by atoms with E-state index in [2.05, 4.69) is 15.6 Å². The van der Waals surface area contributed by atoms with E-state index in [0.29, 0.717) is 10.0 Å². The van der Waals surface area contributed by atoms with Crippen molar-refractivity contribution < 1.29 is 9.59 Å². The summed E-state index contributed by atoms with van der Waals surface area (Å²) in [4.78, 5) is 27.6. The van der Waals surface area contributed by atoms with E-state index in [9.17, 15) is 9.59 Å². The van der Waals surface area contributed by atoms with E-state index in [1.54, 1.807) is 13.8 Å². The van der Waals surface area contributed by atoms with Gasteiger partial charge in [0.2, 0.25) is 5.91 Å². The van der Waals surface area contributed by atoms with Gasteiger partial charge in [-0.2, -0.15) is 0 Å². The fraction of sp³-hybridized carbons (Fsp3) is 0.583. The first-order valence-corrected chi connectivity index (χ1v) is 7.18. The van der Waals surface area contributed by atoms with Crippen LogP contribution in [0.15, 0.2) is 0 Å². The largest absolute Gasteiger partial charge is 0.382 e. The van der Waals surface area contributed by atoms with E-state index in [4.69, 9.17) is 11.5 Å². The third kappa shape index (κ3) is 4.09. The van der Waals surface area contributed by atoms with Gasteiger partial charge in [0.25, 0.3) is 5.91 Å². The van der Waals surface area contributed by atoms with E-state index < -0.39 is 11.3 Å². The molecule has 0 atom stereocenters. The molecular weight excluding hydrogens is 278 g/mol. The quantitative estimate of drug-likeness (QED) is 0.592. The molecular formula is C12H21N5O2S. The van der Waals surface area contributed by atoms with Gasteiger partial charge < -0.3 is 22.1 Å². The molecule has 8 heteroatoms. The van der Waals surface area contributed by atoms with Crippen molar-refractivity contribution in [1.82, 2.24) is 10.3 Å². The standard InChI is InChI=1S/C12H21N5O2S/c1-4-5-15-11-17-8(13)7(20-11)9(18)16-6-12(2,3)10(14)19/h4-6,13H2,1-3H3,(H2,14,19)(H,15,17)(H,16,18). The number of anilines is 2. The van der Waals surface area contributed by atoms with E-state index in [0.717, 1.165) is 13.0 Å². The minimum atomic E-state index is -0.807. The minimum absolute atomic E-state index is 0.149. The summed E-state index contributed by atoms with van der Waals surface area (Å²) in [5.41, 5.74) is 10.2. The molecule has 0 fully saturated rings. The second-order valence-corrected chi connectivity index (χ2v) is 6.09. The van der Waals surface area contributed by atoms with Gasteiger partial charge in [0.05, 0.1) is 5.41 Å². The molecule has 2 amide bonds. The summed E-state index contributed by atoms with van der Waals surface area (Å²) in [6.07, 6.45) is 0.952. The first-order chi connectivity index (χ1) is 9.27. The van der Waals surface area contributed by atoms with Gasteiger partial charge in [-0.1, -0.05) is 18.3 Å². The van der Waals surface area contributed by atoms with Crippen molar-refractivity contribution in [3.63, 3.8) is 0 Å². The molecule has 0 aromatic carbocycles. The fourth-order valence-corrected chi connectivity index (χ4v) is 2.10. The molecule has 0 unspecified atom stereocenters. The molecule has 1 heterocycles. The summed E-state index contributed by atoms with van der Waals surface area (Å²) in [6, 6.07) is 0. The molecule has 0 aliphatic rings. The maximum atomic E-state index is 12.0. The Labute approximate surface area is 122 Å². The zero-order valence-electron chi connectivity index (χ0n) is 11.9. The third-order valence-electron chi connectivity index (χ3n) is 2.74. The van der Waals surface area contributed by atoms with E-state index in [-0.39, 0.29) is 18.3 Å². The SMILES string of the molecule is CCCNc1nc(N)c(C(=O)NCC(C)(C)C(N)=O)s1. The first kappa shape index (κ1) is 16.2. The van der Waals surface area contributed by atoms with Gasteiger partial charge in [0.15, 0.2) is 5.13 Å². The average molecular weight is 299 g/mol. The number of rotatable bonds is 7. The lowest BCUT2D eigenvalue weighted by atomic mass is 9.93. The predicted molar refractivity (Wildman–Crippen MR) is 80.6 cm³/mol. The number of aromatic nitrogens is 1. The topological polar surface area (TPSA) is 123 Å². The van der Waals surface area contributed by atoms with Gasteiger partial charge >= 0.3 is 0 Å². The lowest BCUT2D eigenvalue weighted by Crippen LogP contribution is -2.42. The highest BCUT2D eigenvalue weighted by atomic mass is 32.1. The molecule has 0 spiro atoms. The van der Waals surface area contributed by atoms with Gasteiger partial charge in [-0.3, -0.25) is 9.59 Å². The maximum Gasteiger partial charge on any atom is 0.265 e. The van der Waals surface area contributed by atoms with Crippen LogP contribution in [0.25, 0.3) is 0 Å². The number of carbonyl (C=O) groups is 2. The van der Waals surface area contributed by atoms with Gasteiger partial charge in [-0.15, -0.1) is 0 Å². The molecule has 0 radical (unpaired) electrons. The molecule has 112 valence electrons. The Kier molecular flexibility index (Phi) is 5.32. The third-order valence-corrected chi connectivity index (χ3v) is 3.77. The fourth-order valence-electron chi connectivity index (χ4n) is 1.27. The van der Waals surface area contributed by atoms with Crippen LogP contribution < -0.4 is 22.1 Å². The van der Waals surface area contributed by atoms with E-state index in [1.807, 2.05) is 6.92 Å². The Morgan fingerprint density at radius 1 is 1.40 bits per heavy atom. The smallest absolute Gasteiger partial charge is 0.265 e. The highest BCUT2D eigenvalue weighted by Crippen LogP contribution is 2.25. The Balaban J connectivity index is 2.68. The monoisotopic (exact) mass is 299 g/mol. The van der Waals surface area contributed by atoms with Crippen LogP contribution in [0.4, 0.5) is 10.9 Å². The summed E-state index contributed by atoms with van der Waals surface area (Å²) < 4.78 is 0. The molecule has 0 aliphatic carbocycles. The van der Waals surface area contributed by atoms with Gasteiger partial charge in [-0.05, 0) is 20.3 Å². The Bertz CT molecular complexity index is 498. The maximum absolute atomic E-state index is 12.0. The molecule has 7 nitrogen and oxygen atoms in total. The van der Waals surface area contributed by atoms with Crippen LogP contribution >= 0.6 is 11.3 Å². The predicted octanol–water partition coefficient (Wildman–Crippen LogP) is 0.788. The van der Waals surface area contributed by atoms with Crippen LogP contribution in [0.5, 0.6) is 0 Å². The van der Waals surface area contributed by atoms with Crippen LogP contribution in [-0.2, 0) is 4.79 Å². The minimum Gasteiger partial charge on any atom is -0.382 e. The first-order valence-electron chi connectivity index (χ1n) is 6.36. The van der Waals surface area contributed by atoms with Crippen molar-refractivity contribution in [2.45, 2.75) is 27.2 Å². The van der Waals surface area contributed by atoms with Crippen LogP contribution in [0.3, 0.4) is 0 Å². The zero-order chi connectivity index (χ0) is 15.3. The van der Waals surface area contributed by atoms with Crippen molar-refractivity contribution in [3.8, 4) is 0 Å². The van der Waals surface area contributed by atoms with Gasteiger partial charge in [0.1, 0.15) is 10.7 Å². The number of hydrogen-bond donors (Lipinski definition) is 4. The summed E-state index contributed by atoms with van der Waals surface area (Å²) in [5.74, 6) is -0.637. The molecule has 20 heavy (non-hydrogen) atoms. The highest BCUT2D eigenvalue weighted by molar-refractivity contribution is 7.18. The molecule has 1 rings (SSSR count). The van der Waals surface area contributed by atoms with Crippen molar-refractivity contribution in [2.75, 3.05) is 24.1 Å². The molecule has 6 N–H and O–H groups in total. The Morgan fingerprint density at radius 3 is 2.60 bits per heavy atom. The summed E-state index contributed by atoms with van der Waals surface area (Å²) in [5, 5.41) is 6.34. The molecule has 0 bridgehead atoms. The average Bonchev–Trinajstić information content (AvgIpc) is 2.74. The van der Waals surface area contributed by atoms with Gasteiger partial charge in [-0.25, -0.2) is 4.98 Å². The number of nitrogens with two attached hydrogens (primary N) is 2. The number of hydrogen-bond acceptors (Lipinski definition) is 6. The highest BCUT2D eigenvalue weighted by Gasteiger charge is 2.26. The summed E-state index contributed by atoms with van der Waals surface area (Å²) in [7, 11) is 0. The van der Waals surface area contributed by atoms with Crippen molar-refractivity contribution in [2.24, 2.45) is 11.1 Å². The van der Waals surface area contributed by atoms with Crippen molar-refractivity contribution in [1.29, 1.82) is 0 Å². The zero-order valence-corrected chi connectivity index (χ0v) is 12.8. The van der Waals surface area contributed by atoms with Crippen LogP contribution in [-0.4, -0.2) is 29.9 Å². The second kappa shape index (κ2) is 6.56. The van der Waals surface area contributed by atoms with Crippen LogP contribution in [0.1, 0.15) is 36.9 Å². The number of nitrogens with one attached hydrogen (secondary N) is 2. The van der Waals surface area contributed by atoms with Crippen molar-refractivity contribution in [3.05, 3.63) is 4.88 Å². The summed E-state index contributed by atoms with van der Waals surface area (Å²) in [6.45, 7) is 6.28. The van der Waals surface area contributed by atoms with E-state index >= 15 is 0 Å². The normalized spacial score (nSPS) is 11.2. The Hall–Kier alpha value is -1.83. The van der Waals surface area contributed by atoms with E-state index in [1.165, 1.54) is 11.3 Å². The summed E-state index contributed by atoms with van der Waals surface area (Å²) >= 11 is 1.19. The Morgan fingerprint density at radius 2 is 2.05 bits per heavy atom. The van der Waals surface area contributed by atoms with Crippen LogP contribution in [0.2, 0.25) is 0 Å². The number of thiazole rings is 1. The van der Waals surface area contributed by atoms with Gasteiger partial charge in [0, 0.05) is 13.1 Å². The second-order valence-electron chi connectivity index (χ2n) is 5.09. The molecule has 0 saturated carbocycles. The number of amides is 2. The molecule has 1 aromatic rings. The molecule has 0 aliphatic heterocycles. The number of carbonyl (C=O) groups excluding carboxylic acids is 2. The lowest BCUT2D eigenvalue weighted by Gasteiger charge is -2.20. The number of nitrogens with zero attached hydrogens (tertiary/aromatic N) is 1. The van der Waals surface area contributed by atoms with Crippen molar-refractivity contribution >= 4 is 34.1 Å². The van der Waals surface area contributed by atoms with Crippen LogP contribution in [0, 0.1) is 5.41 Å². The number of primary amides is 1. The molecule has 0 saturated heterocycles. The number of nitrogen functional groups attached to an aromatic ring is 1.